The Morgan fingerprint density at radius 2 is 1.80 bits per heavy atom. The van der Waals surface area contributed by atoms with E-state index < -0.39 is 0 Å². The second kappa shape index (κ2) is 5.26. The molecule has 3 heteroatoms. The highest BCUT2D eigenvalue weighted by Crippen LogP contribution is 2.68. The van der Waals surface area contributed by atoms with E-state index in [-0.39, 0.29) is 16.6 Å². The number of fused-ring (bicyclic) bond motifs is 1. The van der Waals surface area contributed by atoms with E-state index in [9.17, 15) is 0 Å². The lowest BCUT2D eigenvalue weighted by Gasteiger charge is -2.37. The number of rotatable bonds is 3. The minimum Gasteiger partial charge on any atom is -0.493 e. The van der Waals surface area contributed by atoms with Gasteiger partial charge in [0.05, 0.1) is 14.2 Å². The number of methoxy groups -OCH3 is 2. The van der Waals surface area contributed by atoms with Crippen LogP contribution in [0.5, 0.6) is 11.5 Å². The molecular weight excluding hydrogens is 312 g/mol. The van der Waals surface area contributed by atoms with Crippen molar-refractivity contribution in [2.24, 2.45) is 5.41 Å². The minimum atomic E-state index is -0.131. The monoisotopic (exact) mass is 342 g/mol. The molecule has 3 nitrogen and oxygen atoms in total. The maximum atomic E-state index is 6.53. The van der Waals surface area contributed by atoms with Crippen molar-refractivity contribution >= 4 is 6.08 Å². The summed E-state index contributed by atoms with van der Waals surface area (Å²) in [5.41, 5.74) is 3.66. The van der Waals surface area contributed by atoms with Gasteiger partial charge in [-0.25, -0.2) is 0 Å². The van der Waals surface area contributed by atoms with Crippen molar-refractivity contribution in [2.75, 3.05) is 14.2 Å². The summed E-state index contributed by atoms with van der Waals surface area (Å²) in [5.74, 6) is 2.15. The predicted molar refractivity (Wildman–Crippen MR) is 101 cm³/mol. The molecule has 0 N–H and O–H groups in total. The van der Waals surface area contributed by atoms with E-state index in [1.54, 1.807) is 14.2 Å². The summed E-state index contributed by atoms with van der Waals surface area (Å²) in [6.07, 6.45) is 9.07. The molecule has 1 aromatic carbocycles. The molecule has 0 spiro atoms. The third-order valence-corrected chi connectivity index (χ3v) is 6.77. The molecule has 0 amide bonds. The van der Waals surface area contributed by atoms with Gasteiger partial charge in [0, 0.05) is 23.0 Å². The van der Waals surface area contributed by atoms with Gasteiger partial charge in [-0.1, -0.05) is 33.8 Å². The fourth-order valence-electron chi connectivity index (χ4n) is 5.34. The SMILES string of the molecule is COc1c(C(C)C)cc2c(c1OC)CC13CCCC(C)(C)C1(C=C2)O3. The standard InChI is InChI=1S/C22H30O3/c1-14(2)16-12-15-8-11-22-20(3,4)9-7-10-21(22,25-22)13-17(15)19(24-6)18(16)23-5/h8,11-12,14H,7,9-10,13H2,1-6H3. The van der Waals surface area contributed by atoms with Crippen LogP contribution in [0.4, 0.5) is 0 Å². The molecule has 0 radical (unpaired) electrons. The van der Waals surface area contributed by atoms with E-state index in [4.69, 9.17) is 14.2 Å². The normalized spacial score (nSPS) is 31.6. The molecule has 2 unspecified atom stereocenters. The molecule has 4 rings (SSSR count). The Morgan fingerprint density at radius 3 is 2.44 bits per heavy atom. The van der Waals surface area contributed by atoms with Crippen molar-refractivity contribution in [3.8, 4) is 11.5 Å². The summed E-state index contributed by atoms with van der Waals surface area (Å²) < 4.78 is 18.2. The molecule has 0 aromatic heterocycles. The number of ether oxygens (including phenoxy) is 3. The van der Waals surface area contributed by atoms with Crippen LogP contribution in [0.3, 0.4) is 0 Å². The van der Waals surface area contributed by atoms with Gasteiger partial charge in [-0.05, 0) is 42.9 Å². The molecule has 2 fully saturated rings. The Bertz CT molecular complexity index is 746. The van der Waals surface area contributed by atoms with Crippen LogP contribution < -0.4 is 9.47 Å². The summed E-state index contributed by atoms with van der Waals surface area (Å²) in [7, 11) is 3.49. The highest BCUT2D eigenvalue weighted by atomic mass is 16.6. The first kappa shape index (κ1) is 17.0. The smallest absolute Gasteiger partial charge is 0.164 e. The van der Waals surface area contributed by atoms with Crippen molar-refractivity contribution in [3.63, 3.8) is 0 Å². The minimum absolute atomic E-state index is 0.0753. The van der Waals surface area contributed by atoms with Gasteiger partial charge in [0.1, 0.15) is 11.2 Å². The average Bonchev–Trinajstić information content (AvgIpc) is 3.24. The largest absolute Gasteiger partial charge is 0.493 e. The van der Waals surface area contributed by atoms with Crippen LogP contribution in [0.1, 0.15) is 69.6 Å². The number of epoxide rings is 1. The molecule has 25 heavy (non-hydrogen) atoms. The first-order chi connectivity index (χ1) is 11.8. The third kappa shape index (κ3) is 2.08. The van der Waals surface area contributed by atoms with Gasteiger partial charge in [-0.3, -0.25) is 0 Å². The van der Waals surface area contributed by atoms with Crippen molar-refractivity contribution < 1.29 is 14.2 Å². The second-order valence-corrected chi connectivity index (χ2v) is 8.83. The summed E-state index contributed by atoms with van der Waals surface area (Å²) in [4.78, 5) is 0. The van der Waals surface area contributed by atoms with E-state index in [2.05, 4.69) is 45.9 Å². The molecule has 2 aliphatic carbocycles. The molecule has 0 bridgehead atoms. The molecule has 2 atom stereocenters. The van der Waals surface area contributed by atoms with Gasteiger partial charge in [0.25, 0.3) is 0 Å². The fourth-order valence-corrected chi connectivity index (χ4v) is 5.34. The molecule has 3 aliphatic rings. The molecule has 1 saturated heterocycles. The molecule has 1 heterocycles. The molecule has 1 aliphatic heterocycles. The van der Waals surface area contributed by atoms with Gasteiger partial charge in [0.2, 0.25) is 0 Å². The highest BCUT2D eigenvalue weighted by molar-refractivity contribution is 5.69. The van der Waals surface area contributed by atoms with Crippen LogP contribution in [0.15, 0.2) is 12.1 Å². The Hall–Kier alpha value is -1.48. The van der Waals surface area contributed by atoms with Crippen LogP contribution in [0, 0.1) is 5.41 Å². The summed E-state index contributed by atoms with van der Waals surface area (Å²) in [6, 6.07) is 2.29. The third-order valence-electron chi connectivity index (χ3n) is 6.77. The molecular formula is C22H30O3. The Balaban J connectivity index is 1.90. The summed E-state index contributed by atoms with van der Waals surface area (Å²) in [5, 5.41) is 0. The van der Waals surface area contributed by atoms with E-state index in [1.165, 1.54) is 29.5 Å². The van der Waals surface area contributed by atoms with Crippen molar-refractivity contribution in [1.29, 1.82) is 0 Å². The molecule has 136 valence electrons. The maximum absolute atomic E-state index is 6.53. The lowest BCUT2D eigenvalue weighted by atomic mass is 9.63. The van der Waals surface area contributed by atoms with E-state index >= 15 is 0 Å². The van der Waals surface area contributed by atoms with Crippen LogP contribution in [-0.2, 0) is 11.2 Å². The summed E-state index contributed by atoms with van der Waals surface area (Å²) >= 11 is 0. The van der Waals surface area contributed by atoms with Crippen LogP contribution in [-0.4, -0.2) is 25.4 Å². The van der Waals surface area contributed by atoms with Crippen LogP contribution >= 0.6 is 0 Å². The van der Waals surface area contributed by atoms with Crippen molar-refractivity contribution in [2.45, 2.75) is 70.5 Å². The fraction of sp³-hybridized carbons (Fsp3) is 0.636. The zero-order valence-electron chi connectivity index (χ0n) is 16.4. The quantitative estimate of drug-likeness (QED) is 0.715. The number of hydrogen-bond acceptors (Lipinski definition) is 3. The maximum Gasteiger partial charge on any atom is 0.164 e. The summed E-state index contributed by atoms with van der Waals surface area (Å²) in [6.45, 7) is 9.10. The zero-order valence-corrected chi connectivity index (χ0v) is 16.4. The van der Waals surface area contributed by atoms with E-state index in [0.717, 1.165) is 24.3 Å². The van der Waals surface area contributed by atoms with Crippen molar-refractivity contribution in [3.05, 3.63) is 28.8 Å². The molecule has 1 aromatic rings. The lowest BCUT2D eigenvalue weighted by Crippen LogP contribution is -2.42. The zero-order chi connectivity index (χ0) is 18.0. The first-order valence-electron chi connectivity index (χ1n) is 9.48. The first-order valence-corrected chi connectivity index (χ1v) is 9.48. The predicted octanol–water partition coefficient (Wildman–Crippen LogP) is 5.11. The Kier molecular flexibility index (Phi) is 3.57. The lowest BCUT2D eigenvalue weighted by molar-refractivity contribution is 0.166. The topological polar surface area (TPSA) is 31.0 Å². The van der Waals surface area contributed by atoms with Crippen molar-refractivity contribution in [1.82, 2.24) is 0 Å². The Labute approximate surface area is 151 Å². The van der Waals surface area contributed by atoms with Gasteiger partial charge >= 0.3 is 0 Å². The number of benzene rings is 1. The van der Waals surface area contributed by atoms with Gasteiger partial charge in [0.15, 0.2) is 11.5 Å². The van der Waals surface area contributed by atoms with E-state index in [0.29, 0.717) is 5.92 Å². The van der Waals surface area contributed by atoms with Gasteiger partial charge < -0.3 is 14.2 Å². The Morgan fingerprint density at radius 1 is 1.08 bits per heavy atom. The second-order valence-electron chi connectivity index (χ2n) is 8.83. The van der Waals surface area contributed by atoms with Gasteiger partial charge in [-0.15, -0.1) is 0 Å². The average molecular weight is 342 g/mol. The highest BCUT2D eigenvalue weighted by Gasteiger charge is 2.75. The van der Waals surface area contributed by atoms with E-state index in [1.807, 2.05) is 0 Å². The molecule has 1 saturated carbocycles. The number of hydrogen-bond donors (Lipinski definition) is 0. The van der Waals surface area contributed by atoms with Crippen LogP contribution in [0.2, 0.25) is 0 Å². The van der Waals surface area contributed by atoms with Gasteiger partial charge in [-0.2, -0.15) is 0 Å². The van der Waals surface area contributed by atoms with Crippen LogP contribution in [0.25, 0.3) is 6.08 Å².